The van der Waals surface area contributed by atoms with Crippen LogP contribution in [0, 0.1) is 11.8 Å². The molecule has 3 rings (SSSR count). The third kappa shape index (κ3) is 2.63. The van der Waals surface area contributed by atoms with E-state index in [9.17, 15) is 9.59 Å². The summed E-state index contributed by atoms with van der Waals surface area (Å²) < 4.78 is 0. The van der Waals surface area contributed by atoms with Crippen LogP contribution in [0.5, 0.6) is 0 Å². The Kier molecular flexibility index (Phi) is 3.87. The van der Waals surface area contributed by atoms with Crippen LogP contribution in [-0.4, -0.2) is 34.2 Å². The maximum Gasteiger partial charge on any atom is 0.270 e. The van der Waals surface area contributed by atoms with Crippen LogP contribution >= 0.6 is 0 Å². The zero-order chi connectivity index (χ0) is 15.0. The standard InChI is InChI=1S/C17H24N2O2/c1-11-7-8-19(16-6-4-3-5-14(11)16)17(21)15-9-13(10-18-15)12(2)20/h9-11,14,16,18H,3-8H2,1-2H3/t11-,14-,16-/m0/s1. The molecule has 1 N–H and O–H groups in total. The molecule has 0 radical (unpaired) electrons. The molecule has 3 atom stereocenters. The number of ketones is 1. The smallest absolute Gasteiger partial charge is 0.270 e. The highest BCUT2D eigenvalue weighted by Gasteiger charge is 2.39. The highest BCUT2D eigenvalue weighted by Crippen LogP contribution is 2.39. The minimum absolute atomic E-state index is 0.00638. The Bertz CT molecular complexity index is 549. The summed E-state index contributed by atoms with van der Waals surface area (Å²) in [6.07, 6.45) is 7.62. The number of H-pyrrole nitrogens is 1. The number of nitrogens with one attached hydrogen (secondary N) is 1. The molecule has 0 bridgehead atoms. The van der Waals surface area contributed by atoms with E-state index >= 15 is 0 Å². The zero-order valence-corrected chi connectivity index (χ0v) is 12.9. The Balaban J connectivity index is 1.81. The largest absolute Gasteiger partial charge is 0.356 e. The zero-order valence-electron chi connectivity index (χ0n) is 12.9. The van der Waals surface area contributed by atoms with E-state index in [1.54, 1.807) is 12.3 Å². The number of likely N-dealkylation sites (tertiary alicyclic amines) is 1. The lowest BCUT2D eigenvalue weighted by molar-refractivity contribution is 0.0213. The Labute approximate surface area is 125 Å². The first kappa shape index (κ1) is 14.4. The van der Waals surface area contributed by atoms with E-state index in [2.05, 4.69) is 16.8 Å². The lowest BCUT2D eigenvalue weighted by atomic mass is 9.72. The third-order valence-corrected chi connectivity index (χ3v) is 5.32. The highest BCUT2D eigenvalue weighted by molar-refractivity contribution is 5.99. The maximum atomic E-state index is 12.8. The Hall–Kier alpha value is -1.58. The molecular formula is C17H24N2O2. The fourth-order valence-corrected chi connectivity index (χ4v) is 4.04. The van der Waals surface area contributed by atoms with Gasteiger partial charge in [0.25, 0.3) is 5.91 Å². The molecule has 2 aliphatic rings. The summed E-state index contributed by atoms with van der Waals surface area (Å²) in [4.78, 5) is 29.2. The number of carbonyl (C=O) groups is 2. The number of hydrogen-bond acceptors (Lipinski definition) is 2. The van der Waals surface area contributed by atoms with Gasteiger partial charge in [0.1, 0.15) is 5.69 Å². The average Bonchev–Trinajstić information content (AvgIpc) is 2.97. The number of hydrogen-bond donors (Lipinski definition) is 1. The molecule has 1 aliphatic carbocycles. The predicted octanol–water partition coefficient (Wildman–Crippen LogP) is 3.26. The van der Waals surface area contributed by atoms with Gasteiger partial charge in [0.05, 0.1) is 0 Å². The van der Waals surface area contributed by atoms with E-state index in [1.165, 1.54) is 26.2 Å². The van der Waals surface area contributed by atoms with Crippen molar-refractivity contribution in [2.45, 2.75) is 52.0 Å². The normalized spacial score (nSPS) is 29.0. The molecule has 1 aromatic heterocycles. The fourth-order valence-electron chi connectivity index (χ4n) is 4.04. The fraction of sp³-hybridized carbons (Fsp3) is 0.647. The predicted molar refractivity (Wildman–Crippen MR) is 81.4 cm³/mol. The van der Waals surface area contributed by atoms with Gasteiger partial charge in [0.2, 0.25) is 0 Å². The number of nitrogens with zero attached hydrogens (tertiary/aromatic N) is 1. The van der Waals surface area contributed by atoms with Crippen LogP contribution in [-0.2, 0) is 0 Å². The molecule has 4 heteroatoms. The second-order valence-corrected chi connectivity index (χ2v) is 6.64. The average molecular weight is 288 g/mol. The van der Waals surface area contributed by atoms with Gasteiger partial charge in [-0.3, -0.25) is 9.59 Å². The summed E-state index contributed by atoms with van der Waals surface area (Å²) in [5.41, 5.74) is 1.14. The molecule has 1 saturated heterocycles. The van der Waals surface area contributed by atoms with Crippen LogP contribution in [0.4, 0.5) is 0 Å². The molecule has 4 nitrogen and oxygen atoms in total. The van der Waals surface area contributed by atoms with E-state index < -0.39 is 0 Å². The van der Waals surface area contributed by atoms with E-state index in [-0.39, 0.29) is 11.7 Å². The molecule has 1 aliphatic heterocycles. The molecular weight excluding hydrogens is 264 g/mol. The minimum atomic E-state index is -0.00638. The number of carbonyl (C=O) groups excluding carboxylic acids is 2. The van der Waals surface area contributed by atoms with Gasteiger partial charge >= 0.3 is 0 Å². The lowest BCUT2D eigenvalue weighted by Crippen LogP contribution is -2.52. The summed E-state index contributed by atoms with van der Waals surface area (Å²) >= 11 is 0. The van der Waals surface area contributed by atoms with Crippen molar-refractivity contribution in [2.75, 3.05) is 6.54 Å². The molecule has 0 unspecified atom stereocenters. The molecule has 114 valence electrons. The van der Waals surface area contributed by atoms with Crippen molar-refractivity contribution in [3.8, 4) is 0 Å². The van der Waals surface area contributed by atoms with Gasteiger partial charge in [-0.2, -0.15) is 0 Å². The second kappa shape index (κ2) is 5.66. The number of piperidine rings is 1. The van der Waals surface area contributed by atoms with Crippen molar-refractivity contribution in [1.29, 1.82) is 0 Å². The first-order chi connectivity index (χ1) is 10.1. The molecule has 2 heterocycles. The Morgan fingerprint density at radius 1 is 1.24 bits per heavy atom. The topological polar surface area (TPSA) is 53.2 Å². The van der Waals surface area contributed by atoms with Gasteiger partial charge in [-0.25, -0.2) is 0 Å². The number of aromatic nitrogens is 1. The van der Waals surface area contributed by atoms with Gasteiger partial charge in [0.15, 0.2) is 5.78 Å². The number of amides is 1. The summed E-state index contributed by atoms with van der Waals surface area (Å²) in [5, 5.41) is 0. The van der Waals surface area contributed by atoms with Gasteiger partial charge in [0, 0.05) is 24.3 Å². The van der Waals surface area contributed by atoms with Crippen LogP contribution in [0.3, 0.4) is 0 Å². The van der Waals surface area contributed by atoms with Crippen molar-refractivity contribution < 1.29 is 9.59 Å². The molecule has 2 fully saturated rings. The molecule has 1 saturated carbocycles. The molecule has 0 aromatic carbocycles. The van der Waals surface area contributed by atoms with E-state index in [4.69, 9.17) is 0 Å². The number of fused-ring (bicyclic) bond motifs is 1. The van der Waals surface area contributed by atoms with E-state index in [0.717, 1.165) is 25.3 Å². The van der Waals surface area contributed by atoms with Crippen molar-refractivity contribution in [3.05, 3.63) is 23.5 Å². The van der Waals surface area contributed by atoms with Crippen LogP contribution in [0.25, 0.3) is 0 Å². The van der Waals surface area contributed by atoms with Crippen molar-refractivity contribution in [2.24, 2.45) is 11.8 Å². The van der Waals surface area contributed by atoms with Crippen LogP contribution in [0.2, 0.25) is 0 Å². The van der Waals surface area contributed by atoms with Gasteiger partial charge in [-0.1, -0.05) is 19.8 Å². The number of Topliss-reactive ketones (excluding diaryl/α,β-unsaturated/α-hetero) is 1. The highest BCUT2D eigenvalue weighted by atomic mass is 16.2. The third-order valence-electron chi connectivity index (χ3n) is 5.32. The van der Waals surface area contributed by atoms with Crippen LogP contribution in [0.1, 0.15) is 66.8 Å². The monoisotopic (exact) mass is 288 g/mol. The van der Waals surface area contributed by atoms with E-state index in [1.807, 2.05) is 0 Å². The van der Waals surface area contributed by atoms with Gasteiger partial charge < -0.3 is 9.88 Å². The Morgan fingerprint density at radius 2 is 2.00 bits per heavy atom. The summed E-state index contributed by atoms with van der Waals surface area (Å²) in [7, 11) is 0. The molecule has 0 spiro atoms. The minimum Gasteiger partial charge on any atom is -0.356 e. The molecule has 1 amide bonds. The first-order valence-corrected chi connectivity index (χ1v) is 8.08. The van der Waals surface area contributed by atoms with Crippen LogP contribution in [0.15, 0.2) is 12.3 Å². The Morgan fingerprint density at radius 3 is 2.71 bits per heavy atom. The first-order valence-electron chi connectivity index (χ1n) is 8.08. The quantitative estimate of drug-likeness (QED) is 0.849. The number of rotatable bonds is 2. The van der Waals surface area contributed by atoms with Gasteiger partial charge in [-0.05, 0) is 44.1 Å². The SMILES string of the molecule is CC(=O)c1c[nH]c(C(=O)N2CC[C@H](C)[C@@H]3CCCC[C@@H]32)c1. The van der Waals surface area contributed by atoms with Crippen molar-refractivity contribution >= 4 is 11.7 Å². The summed E-state index contributed by atoms with van der Waals surface area (Å²) in [6.45, 7) is 4.69. The second-order valence-electron chi connectivity index (χ2n) is 6.64. The summed E-state index contributed by atoms with van der Waals surface area (Å²) in [6, 6.07) is 2.08. The lowest BCUT2D eigenvalue weighted by Gasteiger charge is -2.47. The summed E-state index contributed by atoms with van der Waals surface area (Å²) in [5.74, 6) is 1.42. The van der Waals surface area contributed by atoms with Crippen molar-refractivity contribution in [1.82, 2.24) is 9.88 Å². The maximum absolute atomic E-state index is 12.8. The van der Waals surface area contributed by atoms with Crippen LogP contribution < -0.4 is 0 Å². The van der Waals surface area contributed by atoms with E-state index in [0.29, 0.717) is 23.2 Å². The number of aromatic amines is 1. The molecule has 21 heavy (non-hydrogen) atoms. The van der Waals surface area contributed by atoms with Gasteiger partial charge in [-0.15, -0.1) is 0 Å². The van der Waals surface area contributed by atoms with Crippen molar-refractivity contribution in [3.63, 3.8) is 0 Å². The molecule has 1 aromatic rings.